The number of halogens is 1. The second-order valence-electron chi connectivity index (χ2n) is 4.67. The lowest BCUT2D eigenvalue weighted by atomic mass is 10.1. The number of hydrogen-bond acceptors (Lipinski definition) is 2. The number of rotatable bonds is 14. The number of hydrogen-bond donors (Lipinski definition) is 1. The van der Waals surface area contributed by atoms with E-state index >= 15 is 0 Å². The van der Waals surface area contributed by atoms with Gasteiger partial charge in [-0.1, -0.05) is 51.4 Å². The SMILES string of the molecule is O=C(O)COCCCCCCCCCCCC[18F]. The second kappa shape index (κ2) is 14.4. The van der Waals surface area contributed by atoms with Gasteiger partial charge in [-0.3, -0.25) is 4.39 Å². The number of carbonyl (C=O) groups is 1. The van der Waals surface area contributed by atoms with E-state index in [0.717, 1.165) is 32.1 Å². The molecule has 108 valence electrons. The van der Waals surface area contributed by atoms with E-state index in [9.17, 15) is 9.18 Å². The summed E-state index contributed by atoms with van der Waals surface area (Å²) in [4.78, 5) is 10.2. The van der Waals surface area contributed by atoms with Crippen LogP contribution in [-0.2, 0) is 9.53 Å². The number of aliphatic carboxylic acids is 1. The Bertz CT molecular complexity index is 186. The number of carboxylic acid groups (broad SMARTS) is 1. The molecule has 0 spiro atoms. The highest BCUT2D eigenvalue weighted by Gasteiger charge is 1.96. The van der Waals surface area contributed by atoms with Gasteiger partial charge in [0.05, 0.1) is 6.67 Å². The monoisotopic (exact) mass is 261 g/mol. The molecule has 1 N–H and O–H groups in total. The maximum atomic E-state index is 11.8. The predicted octanol–water partition coefficient (Wildman–Crippen LogP) is 3.96. The lowest BCUT2D eigenvalue weighted by Crippen LogP contribution is -2.07. The lowest BCUT2D eigenvalue weighted by molar-refractivity contribution is -0.142. The summed E-state index contributed by atoms with van der Waals surface area (Å²) >= 11 is 0. The van der Waals surface area contributed by atoms with Gasteiger partial charge in [0.25, 0.3) is 0 Å². The van der Waals surface area contributed by atoms with E-state index in [-0.39, 0.29) is 13.3 Å². The van der Waals surface area contributed by atoms with Gasteiger partial charge in [0.1, 0.15) is 6.61 Å². The first-order chi connectivity index (χ1) is 8.77. The van der Waals surface area contributed by atoms with Crippen LogP contribution in [0.15, 0.2) is 0 Å². The van der Waals surface area contributed by atoms with Gasteiger partial charge < -0.3 is 9.84 Å². The van der Waals surface area contributed by atoms with Crippen molar-refractivity contribution in [3.63, 3.8) is 0 Å². The Morgan fingerprint density at radius 3 is 1.72 bits per heavy atom. The van der Waals surface area contributed by atoms with Crippen molar-refractivity contribution in [3.8, 4) is 0 Å². The first kappa shape index (κ1) is 17.4. The van der Waals surface area contributed by atoms with Crippen LogP contribution in [0.2, 0.25) is 0 Å². The molecule has 0 aliphatic rings. The lowest BCUT2D eigenvalue weighted by Gasteiger charge is -2.02. The summed E-state index contributed by atoms with van der Waals surface area (Å²) in [7, 11) is 0. The van der Waals surface area contributed by atoms with Gasteiger partial charge in [0.15, 0.2) is 0 Å². The minimum atomic E-state index is -0.900. The van der Waals surface area contributed by atoms with Crippen molar-refractivity contribution in [2.75, 3.05) is 19.9 Å². The largest absolute Gasteiger partial charge is 0.480 e. The average molecular weight is 261 g/mol. The smallest absolute Gasteiger partial charge is 0.329 e. The van der Waals surface area contributed by atoms with Crippen LogP contribution in [0.5, 0.6) is 0 Å². The molecule has 0 aromatic heterocycles. The van der Waals surface area contributed by atoms with Crippen molar-refractivity contribution < 1.29 is 19.0 Å². The Morgan fingerprint density at radius 1 is 0.833 bits per heavy atom. The molecule has 0 atom stereocenters. The van der Waals surface area contributed by atoms with E-state index in [2.05, 4.69) is 0 Å². The first-order valence-electron chi connectivity index (χ1n) is 7.13. The Kier molecular flexibility index (Phi) is 13.9. The van der Waals surface area contributed by atoms with Crippen molar-refractivity contribution in [3.05, 3.63) is 0 Å². The van der Waals surface area contributed by atoms with Crippen LogP contribution in [-0.4, -0.2) is 31.0 Å². The van der Waals surface area contributed by atoms with Gasteiger partial charge in [-0.2, -0.15) is 0 Å². The predicted molar refractivity (Wildman–Crippen MR) is 70.6 cm³/mol. The average Bonchev–Trinajstić information content (AvgIpc) is 2.34. The molecule has 0 fully saturated rings. The Balaban J connectivity index is 2.92. The first-order valence-corrected chi connectivity index (χ1v) is 7.13. The molecule has 0 saturated heterocycles. The molecular weight excluding hydrogens is 234 g/mol. The van der Waals surface area contributed by atoms with Gasteiger partial charge >= 0.3 is 5.97 Å². The minimum absolute atomic E-state index is 0.177. The van der Waals surface area contributed by atoms with Crippen molar-refractivity contribution in [2.45, 2.75) is 64.2 Å². The number of carboxylic acids is 1. The molecule has 0 aliphatic carbocycles. The quantitative estimate of drug-likeness (QED) is 0.481. The third-order valence-electron chi connectivity index (χ3n) is 2.90. The molecule has 0 amide bonds. The zero-order valence-corrected chi connectivity index (χ0v) is 11.3. The summed E-state index contributed by atoms with van der Waals surface area (Å²) < 4.78 is 16.7. The standard InChI is InChI=1S/C14H27FO3/c15-11-9-7-5-3-1-2-4-6-8-10-12-18-13-14(16)17/h1-13H2,(H,16,17)/i15-1. The van der Waals surface area contributed by atoms with E-state index in [4.69, 9.17) is 9.84 Å². The van der Waals surface area contributed by atoms with E-state index < -0.39 is 5.97 Å². The van der Waals surface area contributed by atoms with Crippen LogP contribution < -0.4 is 0 Å². The summed E-state index contributed by atoms with van der Waals surface area (Å²) in [6, 6.07) is 0. The topological polar surface area (TPSA) is 46.5 Å². The molecule has 18 heavy (non-hydrogen) atoms. The summed E-state index contributed by atoms with van der Waals surface area (Å²) in [5, 5.41) is 8.34. The number of unbranched alkanes of at least 4 members (excludes halogenated alkanes) is 9. The zero-order valence-electron chi connectivity index (χ0n) is 11.3. The molecule has 0 radical (unpaired) electrons. The molecule has 0 rings (SSSR count). The van der Waals surface area contributed by atoms with Crippen LogP contribution in [0.3, 0.4) is 0 Å². The maximum Gasteiger partial charge on any atom is 0.329 e. The van der Waals surface area contributed by atoms with E-state index in [1.165, 1.54) is 32.1 Å². The minimum Gasteiger partial charge on any atom is -0.480 e. The Morgan fingerprint density at radius 2 is 1.28 bits per heavy atom. The third kappa shape index (κ3) is 15.4. The highest BCUT2D eigenvalue weighted by Crippen LogP contribution is 2.10. The zero-order chi connectivity index (χ0) is 13.5. The number of alkyl halides is 1. The van der Waals surface area contributed by atoms with Gasteiger partial charge in [0.2, 0.25) is 0 Å². The van der Waals surface area contributed by atoms with Crippen LogP contribution in [0.25, 0.3) is 0 Å². The number of ether oxygens (including phenoxy) is 1. The Labute approximate surface area is 110 Å². The van der Waals surface area contributed by atoms with Crippen molar-refractivity contribution in [1.82, 2.24) is 0 Å². The summed E-state index contributed by atoms with van der Waals surface area (Å²) in [6.07, 6.45) is 11.1. The fraction of sp³-hybridized carbons (Fsp3) is 0.929. The van der Waals surface area contributed by atoms with Crippen LogP contribution in [0.1, 0.15) is 64.2 Å². The summed E-state index contributed by atoms with van der Waals surface area (Å²) in [5.41, 5.74) is 0. The fourth-order valence-corrected chi connectivity index (χ4v) is 1.87. The van der Waals surface area contributed by atoms with Gasteiger partial charge in [-0.05, 0) is 12.8 Å². The highest BCUT2D eigenvalue weighted by atomic mass is 18.2. The maximum absolute atomic E-state index is 11.8. The van der Waals surface area contributed by atoms with Crippen molar-refractivity contribution >= 4 is 5.97 Å². The molecule has 4 heteroatoms. The highest BCUT2D eigenvalue weighted by molar-refractivity contribution is 5.67. The van der Waals surface area contributed by atoms with Crippen LogP contribution >= 0.6 is 0 Å². The molecule has 0 aromatic rings. The summed E-state index contributed by atoms with van der Waals surface area (Å²) in [5.74, 6) is -0.900. The van der Waals surface area contributed by atoms with E-state index in [0.29, 0.717) is 6.61 Å². The van der Waals surface area contributed by atoms with Gasteiger partial charge in [-0.25, -0.2) is 4.79 Å². The van der Waals surface area contributed by atoms with E-state index in [1.807, 2.05) is 0 Å². The second-order valence-corrected chi connectivity index (χ2v) is 4.67. The Hall–Kier alpha value is -0.640. The molecule has 0 heterocycles. The molecule has 3 nitrogen and oxygen atoms in total. The molecule has 0 bridgehead atoms. The van der Waals surface area contributed by atoms with Crippen LogP contribution in [0.4, 0.5) is 4.39 Å². The van der Waals surface area contributed by atoms with E-state index in [1.54, 1.807) is 0 Å². The normalized spacial score (nSPS) is 10.7. The van der Waals surface area contributed by atoms with Gasteiger partial charge in [-0.15, -0.1) is 0 Å². The van der Waals surface area contributed by atoms with Gasteiger partial charge in [0, 0.05) is 6.61 Å². The molecule has 0 unspecified atom stereocenters. The van der Waals surface area contributed by atoms with Crippen molar-refractivity contribution in [1.29, 1.82) is 0 Å². The fourth-order valence-electron chi connectivity index (χ4n) is 1.87. The summed E-state index contributed by atoms with van der Waals surface area (Å²) in [6.45, 7) is 0.193. The molecular formula is C14H27FO3. The van der Waals surface area contributed by atoms with Crippen LogP contribution in [0, 0.1) is 0 Å². The third-order valence-corrected chi connectivity index (χ3v) is 2.90. The molecule has 0 aliphatic heterocycles. The molecule has 0 saturated carbocycles. The molecule has 0 aromatic carbocycles. The van der Waals surface area contributed by atoms with Crippen molar-refractivity contribution in [2.24, 2.45) is 0 Å².